The topological polar surface area (TPSA) is 34.5 Å². The van der Waals surface area contributed by atoms with E-state index in [0.717, 1.165) is 17.1 Å². The minimum atomic E-state index is 0.385. The molecule has 4 heteroatoms. The molecular weight excluding hydrogens is 296 g/mol. The molecule has 0 amide bonds. The van der Waals surface area contributed by atoms with Gasteiger partial charge in [0.15, 0.2) is 5.15 Å². The number of halogens is 1. The highest BCUT2D eigenvalue weighted by molar-refractivity contribution is 6.31. The number of benzene rings is 2. The number of para-hydroxylation sites is 1. The first-order valence-corrected chi connectivity index (χ1v) is 7.16. The molecular formula is C18H13ClN2O. The van der Waals surface area contributed by atoms with Crippen molar-refractivity contribution in [2.75, 3.05) is 0 Å². The first-order chi connectivity index (χ1) is 10.8. The zero-order chi connectivity index (χ0) is 15.2. The number of aliphatic imine (C=N–C) groups is 1. The van der Waals surface area contributed by atoms with E-state index >= 15 is 0 Å². The second-order valence-corrected chi connectivity index (χ2v) is 4.92. The summed E-state index contributed by atoms with van der Waals surface area (Å²) in [5, 5.41) is 0.385. The average Bonchev–Trinajstić information content (AvgIpc) is 2.55. The van der Waals surface area contributed by atoms with Crippen molar-refractivity contribution in [2.45, 2.75) is 0 Å². The number of aromatic nitrogens is 1. The quantitative estimate of drug-likeness (QED) is 0.485. The fourth-order valence-corrected chi connectivity index (χ4v) is 2.07. The van der Waals surface area contributed by atoms with Gasteiger partial charge < -0.3 is 4.74 Å². The van der Waals surface area contributed by atoms with E-state index in [1.54, 1.807) is 18.5 Å². The fraction of sp³-hybridized carbons (Fsp3) is 0. The van der Waals surface area contributed by atoms with Gasteiger partial charge in [-0.3, -0.25) is 4.99 Å². The standard InChI is InChI=1S/C18H13ClN2O/c19-18-17(10-5-11-20-18)21-13-14-6-4-9-16(12-14)22-15-7-2-1-3-8-15/h1-13H. The van der Waals surface area contributed by atoms with Crippen molar-refractivity contribution >= 4 is 23.5 Å². The summed E-state index contributed by atoms with van der Waals surface area (Å²) in [5.41, 5.74) is 1.56. The SMILES string of the molecule is Clc1ncccc1N=Cc1cccc(Oc2ccccc2)c1. The van der Waals surface area contributed by atoms with Crippen LogP contribution in [0.25, 0.3) is 0 Å². The number of rotatable bonds is 4. The summed E-state index contributed by atoms with van der Waals surface area (Å²) in [7, 11) is 0. The van der Waals surface area contributed by atoms with E-state index in [9.17, 15) is 0 Å². The van der Waals surface area contributed by atoms with Gasteiger partial charge in [-0.2, -0.15) is 0 Å². The summed E-state index contributed by atoms with van der Waals surface area (Å²) in [6.07, 6.45) is 3.37. The maximum absolute atomic E-state index is 5.98. The summed E-state index contributed by atoms with van der Waals surface area (Å²) in [5.74, 6) is 1.55. The van der Waals surface area contributed by atoms with Crippen LogP contribution in [0.2, 0.25) is 5.15 Å². The highest BCUT2D eigenvalue weighted by Crippen LogP contribution is 2.23. The van der Waals surface area contributed by atoms with Gasteiger partial charge in [-0.05, 0) is 42.0 Å². The maximum Gasteiger partial charge on any atom is 0.154 e. The third kappa shape index (κ3) is 3.71. The molecule has 0 fully saturated rings. The molecule has 1 heterocycles. The van der Waals surface area contributed by atoms with E-state index in [2.05, 4.69) is 9.98 Å². The maximum atomic E-state index is 5.98. The fourth-order valence-electron chi connectivity index (χ4n) is 1.90. The smallest absolute Gasteiger partial charge is 0.154 e. The van der Waals surface area contributed by atoms with Crippen molar-refractivity contribution in [3.8, 4) is 11.5 Å². The lowest BCUT2D eigenvalue weighted by atomic mass is 10.2. The third-order valence-corrected chi connectivity index (χ3v) is 3.22. The van der Waals surface area contributed by atoms with Crippen LogP contribution in [-0.4, -0.2) is 11.2 Å². The van der Waals surface area contributed by atoms with Gasteiger partial charge in [-0.1, -0.05) is 41.9 Å². The molecule has 3 nitrogen and oxygen atoms in total. The molecule has 0 radical (unpaired) electrons. The zero-order valence-corrected chi connectivity index (χ0v) is 12.4. The molecule has 0 saturated carbocycles. The molecule has 108 valence electrons. The first kappa shape index (κ1) is 14.3. The van der Waals surface area contributed by atoms with Gasteiger partial charge in [0.25, 0.3) is 0 Å². The van der Waals surface area contributed by atoms with E-state index in [4.69, 9.17) is 16.3 Å². The summed E-state index contributed by atoms with van der Waals surface area (Å²) >= 11 is 5.98. The van der Waals surface area contributed by atoms with Crippen LogP contribution >= 0.6 is 11.6 Å². The molecule has 0 bridgehead atoms. The van der Waals surface area contributed by atoms with Gasteiger partial charge in [0, 0.05) is 12.4 Å². The summed E-state index contributed by atoms with van der Waals surface area (Å²) in [6.45, 7) is 0. The van der Waals surface area contributed by atoms with Crippen molar-refractivity contribution in [2.24, 2.45) is 4.99 Å². The summed E-state index contributed by atoms with van der Waals surface area (Å²) in [4.78, 5) is 8.34. The lowest BCUT2D eigenvalue weighted by molar-refractivity contribution is 0.482. The predicted octanol–water partition coefficient (Wildman–Crippen LogP) is 5.28. The van der Waals surface area contributed by atoms with Gasteiger partial charge in [0.05, 0.1) is 0 Å². The minimum Gasteiger partial charge on any atom is -0.457 e. The molecule has 0 unspecified atom stereocenters. The van der Waals surface area contributed by atoms with Crippen LogP contribution < -0.4 is 4.74 Å². The molecule has 0 saturated heterocycles. The molecule has 0 aliphatic rings. The van der Waals surface area contributed by atoms with Crippen molar-refractivity contribution in [3.05, 3.63) is 83.6 Å². The van der Waals surface area contributed by atoms with E-state index in [1.807, 2.05) is 60.7 Å². The molecule has 0 N–H and O–H groups in total. The molecule has 22 heavy (non-hydrogen) atoms. The number of nitrogens with zero attached hydrogens (tertiary/aromatic N) is 2. The van der Waals surface area contributed by atoms with Crippen LogP contribution in [0.3, 0.4) is 0 Å². The highest BCUT2D eigenvalue weighted by atomic mass is 35.5. The highest BCUT2D eigenvalue weighted by Gasteiger charge is 1.99. The number of hydrogen-bond acceptors (Lipinski definition) is 3. The predicted molar refractivity (Wildman–Crippen MR) is 89.5 cm³/mol. The number of pyridine rings is 1. The Morgan fingerprint density at radius 3 is 2.55 bits per heavy atom. The first-order valence-electron chi connectivity index (χ1n) is 6.79. The average molecular weight is 309 g/mol. The summed E-state index contributed by atoms with van der Waals surface area (Å²) < 4.78 is 5.79. The Morgan fingerprint density at radius 2 is 1.73 bits per heavy atom. The second kappa shape index (κ2) is 6.87. The molecule has 3 aromatic rings. The van der Waals surface area contributed by atoms with E-state index in [1.165, 1.54) is 0 Å². The van der Waals surface area contributed by atoms with Crippen LogP contribution in [0.4, 0.5) is 5.69 Å². The zero-order valence-electron chi connectivity index (χ0n) is 11.7. The Balaban J connectivity index is 1.78. The third-order valence-electron chi connectivity index (χ3n) is 2.93. The Hall–Kier alpha value is -2.65. The lowest BCUT2D eigenvalue weighted by Crippen LogP contribution is -1.86. The Labute approximate surface area is 133 Å². The van der Waals surface area contributed by atoms with E-state index < -0.39 is 0 Å². The van der Waals surface area contributed by atoms with E-state index in [0.29, 0.717) is 10.8 Å². The van der Waals surface area contributed by atoms with Crippen LogP contribution in [0, 0.1) is 0 Å². The van der Waals surface area contributed by atoms with Gasteiger partial charge in [0.1, 0.15) is 17.2 Å². The Kier molecular flexibility index (Phi) is 4.47. The monoisotopic (exact) mass is 308 g/mol. The van der Waals surface area contributed by atoms with Crippen LogP contribution in [0.1, 0.15) is 5.56 Å². The van der Waals surface area contributed by atoms with Crippen molar-refractivity contribution in [3.63, 3.8) is 0 Å². The molecule has 0 aliphatic heterocycles. The normalized spacial score (nSPS) is 10.8. The Bertz CT molecular complexity index is 788. The molecule has 2 aromatic carbocycles. The number of ether oxygens (including phenoxy) is 1. The largest absolute Gasteiger partial charge is 0.457 e. The van der Waals surface area contributed by atoms with Crippen LogP contribution in [0.5, 0.6) is 11.5 Å². The van der Waals surface area contributed by atoms with Gasteiger partial charge >= 0.3 is 0 Å². The van der Waals surface area contributed by atoms with Crippen LogP contribution in [0.15, 0.2) is 77.9 Å². The van der Waals surface area contributed by atoms with Gasteiger partial charge in [-0.15, -0.1) is 0 Å². The molecule has 1 aromatic heterocycles. The molecule has 3 rings (SSSR count). The van der Waals surface area contributed by atoms with Crippen molar-refractivity contribution in [1.29, 1.82) is 0 Å². The minimum absolute atomic E-state index is 0.385. The van der Waals surface area contributed by atoms with Crippen molar-refractivity contribution < 1.29 is 4.74 Å². The molecule has 0 aliphatic carbocycles. The second-order valence-electron chi connectivity index (χ2n) is 4.56. The lowest BCUT2D eigenvalue weighted by Gasteiger charge is -2.05. The van der Waals surface area contributed by atoms with Gasteiger partial charge in [0.2, 0.25) is 0 Å². The number of hydrogen-bond donors (Lipinski definition) is 0. The molecule has 0 atom stereocenters. The van der Waals surface area contributed by atoms with E-state index in [-0.39, 0.29) is 0 Å². The molecule has 0 spiro atoms. The van der Waals surface area contributed by atoms with Gasteiger partial charge in [-0.25, -0.2) is 4.98 Å². The Morgan fingerprint density at radius 1 is 0.909 bits per heavy atom. The summed E-state index contributed by atoms with van der Waals surface area (Å²) in [6, 6.07) is 21.0. The van der Waals surface area contributed by atoms with Crippen LogP contribution in [-0.2, 0) is 0 Å². The van der Waals surface area contributed by atoms with Crippen molar-refractivity contribution in [1.82, 2.24) is 4.98 Å².